The van der Waals surface area contributed by atoms with Gasteiger partial charge >= 0.3 is 0 Å². The zero-order valence-corrected chi connectivity index (χ0v) is 11.3. The van der Waals surface area contributed by atoms with E-state index in [4.69, 9.17) is 4.42 Å². The number of furan rings is 1. The summed E-state index contributed by atoms with van der Waals surface area (Å²) in [7, 11) is 0. The Balaban J connectivity index is 1.94. The van der Waals surface area contributed by atoms with Gasteiger partial charge in [0.25, 0.3) is 0 Å². The monoisotopic (exact) mass is 259 g/mol. The standard InChI is InChI=1S/C16H21NO2/c1-13(16-8-5-11-19-16)17-12-15(9-10-18)14-6-3-2-4-7-14/h2-8,11,13,15,17-18H,9-10,12H2,1H3/t13-,15-/m1/s1. The molecule has 2 rings (SSSR count). The van der Waals surface area contributed by atoms with Gasteiger partial charge in [0, 0.05) is 13.2 Å². The Kier molecular flexibility index (Phi) is 5.19. The fourth-order valence-electron chi connectivity index (χ4n) is 2.22. The summed E-state index contributed by atoms with van der Waals surface area (Å²) in [5.41, 5.74) is 1.26. The number of rotatable bonds is 7. The van der Waals surface area contributed by atoms with Crippen molar-refractivity contribution < 1.29 is 9.52 Å². The van der Waals surface area contributed by atoms with Crippen LogP contribution in [-0.4, -0.2) is 18.3 Å². The molecule has 1 aromatic heterocycles. The van der Waals surface area contributed by atoms with Crippen LogP contribution in [0.25, 0.3) is 0 Å². The zero-order valence-electron chi connectivity index (χ0n) is 11.3. The number of hydrogen-bond donors (Lipinski definition) is 2. The van der Waals surface area contributed by atoms with Crippen molar-refractivity contribution in [2.24, 2.45) is 0 Å². The molecule has 2 atom stereocenters. The fourth-order valence-corrected chi connectivity index (χ4v) is 2.22. The molecule has 1 aromatic carbocycles. The quantitative estimate of drug-likeness (QED) is 0.803. The Bertz CT molecular complexity index is 453. The minimum absolute atomic E-state index is 0.180. The van der Waals surface area contributed by atoms with Gasteiger partial charge in [0.2, 0.25) is 0 Å². The minimum atomic E-state index is 0.180. The first-order valence-corrected chi connectivity index (χ1v) is 6.74. The molecule has 0 bridgehead atoms. The highest BCUT2D eigenvalue weighted by Crippen LogP contribution is 2.20. The lowest BCUT2D eigenvalue weighted by Gasteiger charge is -2.19. The molecule has 0 spiro atoms. The average Bonchev–Trinajstić information content (AvgIpc) is 2.98. The van der Waals surface area contributed by atoms with Crippen LogP contribution in [0.5, 0.6) is 0 Å². The van der Waals surface area contributed by atoms with E-state index in [1.807, 2.05) is 30.3 Å². The molecular weight excluding hydrogens is 238 g/mol. The molecule has 0 aliphatic heterocycles. The van der Waals surface area contributed by atoms with E-state index in [1.165, 1.54) is 5.56 Å². The van der Waals surface area contributed by atoms with Crippen molar-refractivity contribution in [2.75, 3.05) is 13.2 Å². The maximum Gasteiger partial charge on any atom is 0.120 e. The molecule has 0 unspecified atom stereocenters. The summed E-state index contributed by atoms with van der Waals surface area (Å²) in [5.74, 6) is 1.26. The van der Waals surface area contributed by atoms with Crippen LogP contribution in [0.1, 0.15) is 36.6 Å². The molecular formula is C16H21NO2. The number of aliphatic hydroxyl groups excluding tert-OH is 1. The molecule has 2 aromatic rings. The number of aliphatic hydroxyl groups is 1. The van der Waals surface area contributed by atoms with E-state index in [9.17, 15) is 5.11 Å². The molecule has 0 fully saturated rings. The smallest absolute Gasteiger partial charge is 0.120 e. The molecule has 3 heteroatoms. The molecule has 0 aliphatic carbocycles. The molecule has 0 saturated heterocycles. The van der Waals surface area contributed by atoms with Crippen molar-refractivity contribution >= 4 is 0 Å². The van der Waals surface area contributed by atoms with Gasteiger partial charge in [-0.15, -0.1) is 0 Å². The Morgan fingerprint density at radius 1 is 1.16 bits per heavy atom. The summed E-state index contributed by atoms with van der Waals surface area (Å²) in [6, 6.07) is 14.4. The van der Waals surface area contributed by atoms with Gasteiger partial charge in [0.15, 0.2) is 0 Å². The van der Waals surface area contributed by atoms with Crippen LogP contribution < -0.4 is 5.32 Å². The first-order chi connectivity index (χ1) is 9.31. The Hall–Kier alpha value is -1.58. The van der Waals surface area contributed by atoms with Crippen molar-refractivity contribution in [3.63, 3.8) is 0 Å². The maximum absolute atomic E-state index is 9.20. The lowest BCUT2D eigenvalue weighted by atomic mass is 9.95. The molecule has 0 saturated carbocycles. The second-order valence-corrected chi connectivity index (χ2v) is 4.77. The zero-order chi connectivity index (χ0) is 13.5. The number of hydrogen-bond acceptors (Lipinski definition) is 3. The fraction of sp³-hybridized carbons (Fsp3) is 0.375. The SMILES string of the molecule is C[C@@H](NC[C@@H](CCO)c1ccccc1)c1ccco1. The van der Waals surface area contributed by atoms with E-state index in [1.54, 1.807) is 6.26 Å². The highest BCUT2D eigenvalue weighted by Gasteiger charge is 2.14. The summed E-state index contributed by atoms with van der Waals surface area (Å²) >= 11 is 0. The molecule has 0 aliphatic rings. The lowest BCUT2D eigenvalue weighted by Crippen LogP contribution is -2.25. The predicted molar refractivity (Wildman–Crippen MR) is 76.0 cm³/mol. The topological polar surface area (TPSA) is 45.4 Å². The van der Waals surface area contributed by atoms with Crippen molar-refractivity contribution in [2.45, 2.75) is 25.3 Å². The van der Waals surface area contributed by atoms with Crippen LogP contribution in [0.15, 0.2) is 53.1 Å². The molecule has 19 heavy (non-hydrogen) atoms. The second-order valence-electron chi connectivity index (χ2n) is 4.77. The summed E-state index contributed by atoms with van der Waals surface area (Å²) in [5, 5.41) is 12.7. The van der Waals surface area contributed by atoms with E-state index in [0.717, 1.165) is 18.7 Å². The van der Waals surface area contributed by atoms with Gasteiger partial charge in [-0.3, -0.25) is 0 Å². The van der Waals surface area contributed by atoms with Gasteiger partial charge in [-0.2, -0.15) is 0 Å². The number of nitrogens with one attached hydrogen (secondary N) is 1. The third kappa shape index (κ3) is 3.94. The van der Waals surface area contributed by atoms with Crippen LogP contribution in [0.3, 0.4) is 0 Å². The van der Waals surface area contributed by atoms with E-state index in [2.05, 4.69) is 24.4 Å². The first kappa shape index (κ1) is 13.8. The van der Waals surface area contributed by atoms with Crippen molar-refractivity contribution in [1.82, 2.24) is 5.32 Å². The third-order valence-electron chi connectivity index (χ3n) is 3.39. The first-order valence-electron chi connectivity index (χ1n) is 6.74. The van der Waals surface area contributed by atoms with Crippen molar-refractivity contribution in [1.29, 1.82) is 0 Å². The largest absolute Gasteiger partial charge is 0.468 e. The van der Waals surface area contributed by atoms with Gasteiger partial charge in [-0.1, -0.05) is 30.3 Å². The van der Waals surface area contributed by atoms with Gasteiger partial charge < -0.3 is 14.8 Å². The third-order valence-corrected chi connectivity index (χ3v) is 3.39. The van der Waals surface area contributed by atoms with Crippen LogP contribution in [0.4, 0.5) is 0 Å². The van der Waals surface area contributed by atoms with Crippen LogP contribution in [0.2, 0.25) is 0 Å². The summed E-state index contributed by atoms with van der Waals surface area (Å²) in [6.45, 7) is 3.11. The minimum Gasteiger partial charge on any atom is -0.468 e. The lowest BCUT2D eigenvalue weighted by molar-refractivity contribution is 0.271. The van der Waals surface area contributed by atoms with Crippen molar-refractivity contribution in [3.05, 3.63) is 60.1 Å². The van der Waals surface area contributed by atoms with Gasteiger partial charge in [-0.25, -0.2) is 0 Å². The maximum atomic E-state index is 9.20. The average molecular weight is 259 g/mol. The van der Waals surface area contributed by atoms with Crippen molar-refractivity contribution in [3.8, 4) is 0 Å². The molecule has 0 amide bonds. The number of benzene rings is 1. The summed E-state index contributed by atoms with van der Waals surface area (Å²) in [6.07, 6.45) is 2.46. The van der Waals surface area contributed by atoms with Crippen LogP contribution >= 0.6 is 0 Å². The van der Waals surface area contributed by atoms with Gasteiger partial charge in [-0.05, 0) is 37.0 Å². The highest BCUT2D eigenvalue weighted by molar-refractivity contribution is 5.20. The Labute approximate surface area is 114 Å². The molecule has 3 nitrogen and oxygen atoms in total. The normalized spacial score (nSPS) is 14.2. The summed E-state index contributed by atoms with van der Waals surface area (Å²) < 4.78 is 5.38. The molecule has 1 heterocycles. The second kappa shape index (κ2) is 7.12. The molecule has 2 N–H and O–H groups in total. The van der Waals surface area contributed by atoms with E-state index >= 15 is 0 Å². The Morgan fingerprint density at radius 3 is 2.58 bits per heavy atom. The highest BCUT2D eigenvalue weighted by atomic mass is 16.3. The van der Waals surface area contributed by atoms with Crippen LogP contribution in [0, 0.1) is 0 Å². The molecule has 0 radical (unpaired) electrons. The van der Waals surface area contributed by atoms with E-state index in [-0.39, 0.29) is 12.6 Å². The molecule has 102 valence electrons. The van der Waals surface area contributed by atoms with Gasteiger partial charge in [0.1, 0.15) is 5.76 Å². The van der Waals surface area contributed by atoms with E-state index in [0.29, 0.717) is 5.92 Å². The predicted octanol–water partition coefficient (Wildman–Crippen LogP) is 3.10. The van der Waals surface area contributed by atoms with Gasteiger partial charge in [0.05, 0.1) is 12.3 Å². The van der Waals surface area contributed by atoms with E-state index < -0.39 is 0 Å². The Morgan fingerprint density at radius 2 is 1.95 bits per heavy atom. The van der Waals surface area contributed by atoms with Crippen LogP contribution in [-0.2, 0) is 0 Å². The summed E-state index contributed by atoms with van der Waals surface area (Å²) in [4.78, 5) is 0.